The van der Waals surface area contributed by atoms with Crippen molar-refractivity contribution in [2.24, 2.45) is 5.92 Å². The lowest BCUT2D eigenvalue weighted by atomic mass is 10.0. The van der Waals surface area contributed by atoms with Gasteiger partial charge in [0, 0.05) is 12.1 Å². The Kier molecular flexibility index (Phi) is 5.36. The first kappa shape index (κ1) is 15.0. The van der Waals surface area contributed by atoms with Gasteiger partial charge in [-0.15, -0.1) is 0 Å². The van der Waals surface area contributed by atoms with Crippen molar-refractivity contribution in [3.8, 4) is 0 Å². The summed E-state index contributed by atoms with van der Waals surface area (Å²) in [6, 6.07) is 6.48. The van der Waals surface area contributed by atoms with Gasteiger partial charge in [0.05, 0.1) is 0 Å². The molecule has 0 aliphatic heterocycles. The van der Waals surface area contributed by atoms with Crippen LogP contribution in [0.5, 0.6) is 0 Å². The first-order valence-corrected chi connectivity index (χ1v) is 6.27. The van der Waals surface area contributed by atoms with E-state index in [4.69, 9.17) is 10.8 Å². The van der Waals surface area contributed by atoms with Crippen LogP contribution < -0.4 is 11.1 Å². The van der Waals surface area contributed by atoms with E-state index < -0.39 is 12.0 Å². The molecule has 19 heavy (non-hydrogen) atoms. The van der Waals surface area contributed by atoms with Crippen LogP contribution in [0.15, 0.2) is 24.3 Å². The molecule has 0 unspecified atom stereocenters. The van der Waals surface area contributed by atoms with E-state index in [9.17, 15) is 9.59 Å². The summed E-state index contributed by atoms with van der Waals surface area (Å²) in [6.07, 6.45) is 0.730. The van der Waals surface area contributed by atoms with Gasteiger partial charge in [0.1, 0.15) is 6.04 Å². The molecule has 5 nitrogen and oxygen atoms in total. The standard InChI is InChI=1S/C14H20N2O3/c1-9(2)13(14(18)19)16-12(17)8-7-10-5-3-4-6-11(10)15/h3-6,9,13H,7-8,15H2,1-2H3,(H,16,17)(H,18,19)/t13-/m1/s1. The first-order chi connectivity index (χ1) is 8.91. The van der Waals surface area contributed by atoms with Gasteiger partial charge in [-0.25, -0.2) is 4.79 Å². The fourth-order valence-electron chi connectivity index (χ4n) is 1.77. The van der Waals surface area contributed by atoms with Crippen molar-refractivity contribution in [3.63, 3.8) is 0 Å². The highest BCUT2D eigenvalue weighted by molar-refractivity contribution is 5.83. The fraction of sp³-hybridized carbons (Fsp3) is 0.429. The van der Waals surface area contributed by atoms with Gasteiger partial charge >= 0.3 is 5.97 Å². The molecule has 0 aromatic heterocycles. The molecular weight excluding hydrogens is 244 g/mol. The molecule has 1 aromatic rings. The number of nitrogens with one attached hydrogen (secondary N) is 1. The van der Waals surface area contributed by atoms with E-state index in [0.717, 1.165) is 5.56 Å². The molecule has 0 saturated carbocycles. The maximum absolute atomic E-state index is 11.7. The third-order valence-corrected chi connectivity index (χ3v) is 2.93. The molecule has 1 rings (SSSR count). The molecule has 0 spiro atoms. The number of rotatable bonds is 6. The molecule has 0 fully saturated rings. The van der Waals surface area contributed by atoms with E-state index in [1.54, 1.807) is 19.9 Å². The lowest BCUT2D eigenvalue weighted by molar-refractivity contribution is -0.143. The fourth-order valence-corrected chi connectivity index (χ4v) is 1.77. The van der Waals surface area contributed by atoms with E-state index in [1.807, 2.05) is 18.2 Å². The quantitative estimate of drug-likeness (QED) is 0.678. The van der Waals surface area contributed by atoms with Gasteiger partial charge in [-0.1, -0.05) is 32.0 Å². The van der Waals surface area contributed by atoms with Crippen molar-refractivity contribution >= 4 is 17.6 Å². The molecular formula is C14H20N2O3. The Morgan fingerprint density at radius 3 is 2.47 bits per heavy atom. The third-order valence-electron chi connectivity index (χ3n) is 2.93. The summed E-state index contributed by atoms with van der Waals surface area (Å²) >= 11 is 0. The number of hydrogen-bond donors (Lipinski definition) is 3. The summed E-state index contributed by atoms with van der Waals surface area (Å²) in [6.45, 7) is 3.52. The van der Waals surface area contributed by atoms with Crippen LogP contribution in [0.4, 0.5) is 5.69 Å². The van der Waals surface area contributed by atoms with Crippen LogP contribution in [0.2, 0.25) is 0 Å². The van der Waals surface area contributed by atoms with Crippen LogP contribution in [0.25, 0.3) is 0 Å². The Morgan fingerprint density at radius 1 is 1.32 bits per heavy atom. The molecule has 1 aromatic carbocycles. The first-order valence-electron chi connectivity index (χ1n) is 6.27. The largest absolute Gasteiger partial charge is 0.480 e. The van der Waals surface area contributed by atoms with Crippen LogP contribution >= 0.6 is 0 Å². The molecule has 104 valence electrons. The van der Waals surface area contributed by atoms with E-state index >= 15 is 0 Å². The van der Waals surface area contributed by atoms with Crippen molar-refractivity contribution in [3.05, 3.63) is 29.8 Å². The zero-order chi connectivity index (χ0) is 14.4. The second-order valence-electron chi connectivity index (χ2n) is 4.83. The van der Waals surface area contributed by atoms with Crippen LogP contribution in [0.1, 0.15) is 25.8 Å². The molecule has 0 heterocycles. The monoisotopic (exact) mass is 264 g/mol. The number of carboxylic acids is 1. The predicted octanol–water partition coefficient (Wildman–Crippen LogP) is 1.43. The Labute approximate surface area is 112 Å². The maximum Gasteiger partial charge on any atom is 0.326 e. The number of carbonyl (C=O) groups excluding carboxylic acids is 1. The molecule has 5 heteroatoms. The Balaban J connectivity index is 2.52. The Morgan fingerprint density at radius 2 is 1.95 bits per heavy atom. The number of aryl methyl sites for hydroxylation is 1. The molecule has 1 atom stereocenters. The minimum atomic E-state index is -1.01. The van der Waals surface area contributed by atoms with Crippen molar-refractivity contribution in [2.45, 2.75) is 32.7 Å². The van der Waals surface area contributed by atoms with Gasteiger partial charge in [-0.2, -0.15) is 0 Å². The van der Waals surface area contributed by atoms with Gasteiger partial charge in [0.2, 0.25) is 5.91 Å². The lowest BCUT2D eigenvalue weighted by Gasteiger charge is -2.17. The van der Waals surface area contributed by atoms with Gasteiger partial charge < -0.3 is 16.2 Å². The van der Waals surface area contributed by atoms with Gasteiger partial charge in [-0.05, 0) is 24.0 Å². The number of amides is 1. The second kappa shape index (κ2) is 6.78. The summed E-state index contributed by atoms with van der Waals surface area (Å²) in [5, 5.41) is 11.5. The summed E-state index contributed by atoms with van der Waals surface area (Å²) < 4.78 is 0. The zero-order valence-electron chi connectivity index (χ0n) is 11.2. The highest BCUT2D eigenvalue weighted by atomic mass is 16.4. The SMILES string of the molecule is CC(C)[C@@H](NC(=O)CCc1ccccc1N)C(=O)O. The summed E-state index contributed by atoms with van der Waals surface area (Å²) in [4.78, 5) is 22.7. The van der Waals surface area contributed by atoms with Crippen molar-refractivity contribution in [1.29, 1.82) is 0 Å². The molecule has 0 radical (unpaired) electrons. The van der Waals surface area contributed by atoms with E-state index in [2.05, 4.69) is 5.32 Å². The number of benzene rings is 1. The van der Waals surface area contributed by atoms with E-state index in [-0.39, 0.29) is 18.2 Å². The highest BCUT2D eigenvalue weighted by Crippen LogP contribution is 2.12. The number of anilines is 1. The second-order valence-corrected chi connectivity index (χ2v) is 4.83. The van der Waals surface area contributed by atoms with Crippen molar-refractivity contribution in [1.82, 2.24) is 5.32 Å². The maximum atomic E-state index is 11.7. The topological polar surface area (TPSA) is 92.4 Å². The number of hydrogen-bond acceptors (Lipinski definition) is 3. The normalized spacial score (nSPS) is 12.2. The smallest absolute Gasteiger partial charge is 0.326 e. The van der Waals surface area contributed by atoms with E-state index in [0.29, 0.717) is 12.1 Å². The molecule has 4 N–H and O–H groups in total. The summed E-state index contributed by atoms with van der Waals surface area (Å²) in [5.74, 6) is -1.44. The zero-order valence-corrected chi connectivity index (χ0v) is 11.2. The van der Waals surface area contributed by atoms with E-state index in [1.165, 1.54) is 0 Å². The molecule has 1 amide bonds. The Bertz CT molecular complexity index is 458. The van der Waals surface area contributed by atoms with Gasteiger partial charge in [-0.3, -0.25) is 4.79 Å². The predicted molar refractivity (Wildman–Crippen MR) is 73.6 cm³/mol. The van der Waals surface area contributed by atoms with Crippen LogP contribution in [0, 0.1) is 5.92 Å². The van der Waals surface area contributed by atoms with Gasteiger partial charge in [0.25, 0.3) is 0 Å². The number of carboxylic acid groups (broad SMARTS) is 1. The average Bonchev–Trinajstić information content (AvgIpc) is 2.34. The summed E-state index contributed by atoms with van der Waals surface area (Å²) in [5.41, 5.74) is 7.32. The van der Waals surface area contributed by atoms with Gasteiger partial charge in [0.15, 0.2) is 0 Å². The number of carbonyl (C=O) groups is 2. The highest BCUT2D eigenvalue weighted by Gasteiger charge is 2.23. The average molecular weight is 264 g/mol. The minimum Gasteiger partial charge on any atom is -0.480 e. The molecule has 0 saturated heterocycles. The number of nitrogen functional groups attached to an aromatic ring is 1. The molecule has 0 aliphatic carbocycles. The molecule has 0 aliphatic rings. The number of nitrogens with two attached hydrogens (primary N) is 1. The van der Waals surface area contributed by atoms with Crippen molar-refractivity contribution in [2.75, 3.05) is 5.73 Å². The summed E-state index contributed by atoms with van der Waals surface area (Å²) in [7, 11) is 0. The van der Waals surface area contributed by atoms with Crippen LogP contribution in [0.3, 0.4) is 0 Å². The third kappa shape index (κ3) is 4.62. The lowest BCUT2D eigenvalue weighted by Crippen LogP contribution is -2.44. The van der Waals surface area contributed by atoms with Crippen LogP contribution in [-0.4, -0.2) is 23.0 Å². The minimum absolute atomic E-state index is 0.150. The van der Waals surface area contributed by atoms with Crippen LogP contribution in [-0.2, 0) is 16.0 Å². The molecule has 0 bridgehead atoms. The number of para-hydroxylation sites is 1. The van der Waals surface area contributed by atoms with Crippen molar-refractivity contribution < 1.29 is 14.7 Å². The Hall–Kier alpha value is -2.04. The number of aliphatic carboxylic acids is 1.